The predicted molar refractivity (Wildman–Crippen MR) is 174 cm³/mol. The molecule has 13 heteroatoms. The third-order valence-corrected chi connectivity index (χ3v) is 9.23. The molecule has 0 fully saturated rings. The van der Waals surface area contributed by atoms with E-state index in [1.807, 2.05) is 6.92 Å². The molecule has 0 bridgehead atoms. The number of carbonyl (C=O) groups is 1. The maximum atomic E-state index is 13.5. The second kappa shape index (κ2) is 14.5. The summed E-state index contributed by atoms with van der Waals surface area (Å²) in [5.74, 6) is 0.175. The quantitative estimate of drug-likeness (QED) is 0.127. The first-order chi connectivity index (χ1) is 20.5. The van der Waals surface area contributed by atoms with Crippen molar-refractivity contribution in [2.45, 2.75) is 18.4 Å². The molecule has 0 spiro atoms. The van der Waals surface area contributed by atoms with Gasteiger partial charge in [0, 0.05) is 20.6 Å². The number of benzene rings is 4. The number of hydrogen-bond donors (Lipinski definition) is 1. The van der Waals surface area contributed by atoms with E-state index in [1.54, 1.807) is 60.7 Å². The molecular weight excluding hydrogens is 701 g/mol. The Balaban J connectivity index is 1.49. The van der Waals surface area contributed by atoms with E-state index in [2.05, 4.69) is 26.5 Å². The number of amides is 1. The molecule has 4 aromatic carbocycles. The number of hydrazone groups is 1. The molecule has 8 nitrogen and oxygen atoms in total. The van der Waals surface area contributed by atoms with Gasteiger partial charge in [0.05, 0.1) is 28.4 Å². The zero-order valence-electron chi connectivity index (χ0n) is 22.9. The fourth-order valence-electron chi connectivity index (χ4n) is 3.87. The molecule has 0 aliphatic carbocycles. The number of nitrogens with zero attached hydrogens (tertiary/aromatic N) is 2. The van der Waals surface area contributed by atoms with Crippen molar-refractivity contribution in [3.05, 3.63) is 115 Å². The minimum atomic E-state index is -4.10. The summed E-state index contributed by atoms with van der Waals surface area (Å²) in [7, 11) is -2.61. The van der Waals surface area contributed by atoms with Gasteiger partial charge in [-0.25, -0.2) is 13.8 Å². The zero-order chi connectivity index (χ0) is 31.1. The first-order valence-corrected chi connectivity index (χ1v) is 16.0. The van der Waals surface area contributed by atoms with E-state index in [1.165, 1.54) is 31.5 Å². The van der Waals surface area contributed by atoms with Gasteiger partial charge in [0.1, 0.15) is 13.2 Å². The standard InChI is InChI=1S/C30H25BrCl3N3O5S/c1-19-6-10-25(11-7-19)43(39,40)37(24-5-3-4-22(32)14-24)17-29(38)36-35-16-20-12-26(31)30(28(13-20)41-2)42-18-21-8-9-23(33)15-27(21)34/h3-16H,17-18H2,1-2H3,(H,36,38)/b35-16-. The molecule has 0 radical (unpaired) electrons. The van der Waals surface area contributed by atoms with Crippen LogP contribution in [0.5, 0.6) is 11.5 Å². The minimum absolute atomic E-state index is 0.0342. The van der Waals surface area contributed by atoms with Crippen molar-refractivity contribution in [3.63, 3.8) is 0 Å². The molecule has 0 aromatic heterocycles. The van der Waals surface area contributed by atoms with Crippen molar-refractivity contribution in [3.8, 4) is 11.5 Å². The average molecular weight is 726 g/mol. The number of rotatable bonds is 11. The molecule has 0 heterocycles. The Morgan fingerprint density at radius 1 is 1.00 bits per heavy atom. The van der Waals surface area contributed by atoms with Crippen LogP contribution >= 0.6 is 50.7 Å². The molecule has 1 N–H and O–H groups in total. The SMILES string of the molecule is COc1cc(/C=N\NC(=O)CN(c2cccc(Cl)c2)S(=O)(=O)c2ccc(C)cc2)cc(Br)c1OCc1ccc(Cl)cc1Cl. The highest BCUT2D eigenvalue weighted by Crippen LogP contribution is 2.37. The van der Waals surface area contributed by atoms with Crippen molar-refractivity contribution in [2.24, 2.45) is 5.10 Å². The smallest absolute Gasteiger partial charge is 0.264 e. The molecule has 1 amide bonds. The lowest BCUT2D eigenvalue weighted by Crippen LogP contribution is -2.39. The summed E-state index contributed by atoms with van der Waals surface area (Å²) < 4.78 is 40.0. The summed E-state index contributed by atoms with van der Waals surface area (Å²) in [5, 5.41) is 5.33. The van der Waals surface area contributed by atoms with Crippen LogP contribution in [0, 0.1) is 6.92 Å². The highest BCUT2D eigenvalue weighted by molar-refractivity contribution is 9.10. The molecule has 43 heavy (non-hydrogen) atoms. The van der Waals surface area contributed by atoms with Crippen LogP contribution in [0.15, 0.2) is 93.3 Å². The number of nitrogens with one attached hydrogen (secondary N) is 1. The molecule has 0 aliphatic heterocycles. The van der Waals surface area contributed by atoms with Gasteiger partial charge in [-0.2, -0.15) is 5.10 Å². The van der Waals surface area contributed by atoms with E-state index in [0.29, 0.717) is 36.6 Å². The number of ether oxygens (including phenoxy) is 2. The Morgan fingerprint density at radius 3 is 2.40 bits per heavy atom. The Kier molecular flexibility index (Phi) is 11.0. The summed E-state index contributed by atoms with van der Waals surface area (Å²) in [6.07, 6.45) is 1.39. The third-order valence-electron chi connectivity index (χ3n) is 6.03. The van der Waals surface area contributed by atoms with Crippen LogP contribution in [-0.4, -0.2) is 34.2 Å². The number of anilines is 1. The van der Waals surface area contributed by atoms with E-state index in [9.17, 15) is 13.2 Å². The van der Waals surface area contributed by atoms with Crippen molar-refractivity contribution >= 4 is 78.6 Å². The lowest BCUT2D eigenvalue weighted by molar-refractivity contribution is -0.119. The highest BCUT2D eigenvalue weighted by Gasteiger charge is 2.27. The maximum Gasteiger partial charge on any atom is 0.264 e. The van der Waals surface area contributed by atoms with Crippen molar-refractivity contribution < 1.29 is 22.7 Å². The second-order valence-corrected chi connectivity index (χ2v) is 13.2. The summed E-state index contributed by atoms with van der Waals surface area (Å²) in [6, 6.07) is 21.1. The fourth-order valence-corrected chi connectivity index (χ4v) is 6.51. The highest BCUT2D eigenvalue weighted by atomic mass is 79.9. The van der Waals surface area contributed by atoms with Gasteiger partial charge in [0.25, 0.3) is 15.9 Å². The van der Waals surface area contributed by atoms with Crippen LogP contribution < -0.4 is 19.2 Å². The Labute approximate surface area is 273 Å². The predicted octanol–water partition coefficient (Wildman–Crippen LogP) is 7.65. The van der Waals surface area contributed by atoms with E-state index in [-0.39, 0.29) is 17.2 Å². The fraction of sp³-hybridized carbons (Fsp3) is 0.133. The Morgan fingerprint density at radius 2 is 1.72 bits per heavy atom. The zero-order valence-corrected chi connectivity index (χ0v) is 27.5. The van der Waals surface area contributed by atoms with Crippen molar-refractivity contribution in [2.75, 3.05) is 18.0 Å². The topological polar surface area (TPSA) is 97.3 Å². The van der Waals surface area contributed by atoms with Crippen LogP contribution in [0.4, 0.5) is 5.69 Å². The Hall–Kier alpha value is -3.28. The van der Waals surface area contributed by atoms with Gasteiger partial charge in [-0.15, -0.1) is 0 Å². The summed E-state index contributed by atoms with van der Waals surface area (Å²) in [4.78, 5) is 12.9. The number of methoxy groups -OCH3 is 1. The molecule has 4 rings (SSSR count). The molecule has 224 valence electrons. The molecule has 0 atom stereocenters. The minimum Gasteiger partial charge on any atom is -0.493 e. The van der Waals surface area contributed by atoms with Gasteiger partial charge in [0.2, 0.25) is 0 Å². The monoisotopic (exact) mass is 723 g/mol. The van der Waals surface area contributed by atoms with Crippen LogP contribution in [0.1, 0.15) is 16.7 Å². The second-order valence-electron chi connectivity index (χ2n) is 9.16. The molecule has 0 aliphatic rings. The summed E-state index contributed by atoms with van der Waals surface area (Å²) in [5.41, 5.74) is 4.83. The van der Waals surface area contributed by atoms with Crippen molar-refractivity contribution in [1.29, 1.82) is 0 Å². The van der Waals surface area contributed by atoms with E-state index in [4.69, 9.17) is 44.3 Å². The van der Waals surface area contributed by atoms with Gasteiger partial charge >= 0.3 is 0 Å². The first kappa shape index (κ1) is 32.6. The lowest BCUT2D eigenvalue weighted by atomic mass is 10.2. The molecule has 4 aromatic rings. The normalized spacial score (nSPS) is 11.4. The molecule has 0 saturated heterocycles. The largest absolute Gasteiger partial charge is 0.493 e. The summed E-state index contributed by atoms with van der Waals surface area (Å²) >= 11 is 21.8. The number of carbonyl (C=O) groups excluding carboxylic acids is 1. The lowest BCUT2D eigenvalue weighted by Gasteiger charge is -2.24. The van der Waals surface area contributed by atoms with Crippen LogP contribution in [-0.2, 0) is 21.4 Å². The maximum absolute atomic E-state index is 13.5. The summed E-state index contributed by atoms with van der Waals surface area (Å²) in [6.45, 7) is 1.48. The Bertz CT molecular complexity index is 1770. The number of hydrogen-bond acceptors (Lipinski definition) is 6. The average Bonchev–Trinajstić information content (AvgIpc) is 2.96. The van der Waals surface area contributed by atoms with Crippen molar-refractivity contribution in [1.82, 2.24) is 5.43 Å². The van der Waals surface area contributed by atoms with E-state index < -0.39 is 22.5 Å². The first-order valence-electron chi connectivity index (χ1n) is 12.6. The number of sulfonamides is 1. The van der Waals surface area contributed by atoms with Crippen LogP contribution in [0.25, 0.3) is 0 Å². The molecular formula is C30H25BrCl3N3O5S. The van der Waals surface area contributed by atoms with Crippen LogP contribution in [0.2, 0.25) is 15.1 Å². The molecule has 0 saturated carbocycles. The van der Waals surface area contributed by atoms with Gasteiger partial charge in [-0.05, 0) is 83.0 Å². The van der Waals surface area contributed by atoms with Gasteiger partial charge in [-0.3, -0.25) is 9.10 Å². The van der Waals surface area contributed by atoms with Gasteiger partial charge in [-0.1, -0.05) is 64.6 Å². The number of aryl methyl sites for hydroxylation is 1. The van der Waals surface area contributed by atoms with Gasteiger partial charge < -0.3 is 9.47 Å². The molecule has 0 unspecified atom stereocenters. The number of halogens is 4. The van der Waals surface area contributed by atoms with Crippen LogP contribution in [0.3, 0.4) is 0 Å². The van der Waals surface area contributed by atoms with E-state index >= 15 is 0 Å². The van der Waals surface area contributed by atoms with E-state index in [0.717, 1.165) is 15.4 Å². The third kappa shape index (κ3) is 8.43. The van der Waals surface area contributed by atoms with Gasteiger partial charge in [0.15, 0.2) is 11.5 Å².